The molecule has 3 heteroatoms. The van der Waals surface area contributed by atoms with Gasteiger partial charge >= 0.3 is 0 Å². The number of rotatable bonds is 5. The van der Waals surface area contributed by atoms with Crippen LogP contribution >= 0.6 is 0 Å². The molecule has 3 N–H and O–H groups in total. The first-order valence-corrected chi connectivity index (χ1v) is 7.66. The number of anilines is 1. The van der Waals surface area contributed by atoms with Crippen LogP contribution in [0.5, 0.6) is 0 Å². The highest BCUT2D eigenvalue weighted by molar-refractivity contribution is 5.50. The molecule has 1 aromatic carbocycles. The number of benzene rings is 1. The summed E-state index contributed by atoms with van der Waals surface area (Å²) >= 11 is 0. The Morgan fingerprint density at radius 1 is 1.30 bits per heavy atom. The zero-order valence-corrected chi connectivity index (χ0v) is 13.0. The number of nitrogens with zero attached hydrogens (tertiary/aromatic N) is 1. The molecule has 0 spiro atoms. The molecule has 1 aromatic rings. The van der Waals surface area contributed by atoms with E-state index in [4.69, 9.17) is 5.73 Å². The maximum Gasteiger partial charge on any atom is 0.0798 e. The summed E-state index contributed by atoms with van der Waals surface area (Å²) in [6.45, 7) is 5.63. The van der Waals surface area contributed by atoms with Crippen molar-refractivity contribution in [3.63, 3.8) is 0 Å². The number of aliphatic hydroxyl groups is 1. The highest BCUT2D eigenvalue weighted by atomic mass is 16.3. The van der Waals surface area contributed by atoms with Crippen LogP contribution in [-0.2, 0) is 0 Å². The van der Waals surface area contributed by atoms with Gasteiger partial charge in [-0.1, -0.05) is 12.5 Å². The van der Waals surface area contributed by atoms with Crippen LogP contribution in [0.3, 0.4) is 0 Å². The van der Waals surface area contributed by atoms with Gasteiger partial charge in [0.25, 0.3) is 0 Å². The lowest BCUT2D eigenvalue weighted by molar-refractivity contribution is 0.00896. The maximum absolute atomic E-state index is 10.5. The minimum atomic E-state index is -0.622. The van der Waals surface area contributed by atoms with Gasteiger partial charge in [-0.3, -0.25) is 0 Å². The Hall–Kier alpha value is -1.06. The van der Waals surface area contributed by atoms with Gasteiger partial charge in [-0.05, 0) is 62.3 Å². The van der Waals surface area contributed by atoms with Crippen molar-refractivity contribution >= 4 is 5.69 Å². The van der Waals surface area contributed by atoms with Crippen molar-refractivity contribution in [2.45, 2.75) is 45.1 Å². The van der Waals surface area contributed by atoms with Crippen molar-refractivity contribution in [1.29, 1.82) is 0 Å². The van der Waals surface area contributed by atoms with Crippen LogP contribution in [-0.4, -0.2) is 30.8 Å². The average Bonchev–Trinajstić information content (AvgIpc) is 2.77. The lowest BCUT2D eigenvalue weighted by Gasteiger charge is -2.30. The summed E-state index contributed by atoms with van der Waals surface area (Å²) < 4.78 is 0. The topological polar surface area (TPSA) is 49.5 Å². The predicted molar refractivity (Wildman–Crippen MR) is 85.1 cm³/mol. The molecule has 3 nitrogen and oxygen atoms in total. The Kier molecular flexibility index (Phi) is 4.71. The van der Waals surface area contributed by atoms with Gasteiger partial charge < -0.3 is 15.7 Å². The fourth-order valence-electron chi connectivity index (χ4n) is 3.46. The first kappa shape index (κ1) is 15.3. The van der Waals surface area contributed by atoms with E-state index in [9.17, 15) is 5.11 Å². The van der Waals surface area contributed by atoms with E-state index < -0.39 is 5.60 Å². The second kappa shape index (κ2) is 6.15. The Morgan fingerprint density at radius 3 is 2.55 bits per heavy atom. The average molecular weight is 276 g/mol. The van der Waals surface area contributed by atoms with Gasteiger partial charge in [-0.25, -0.2) is 0 Å². The summed E-state index contributed by atoms with van der Waals surface area (Å²) in [5, 5.41) is 10.5. The molecule has 112 valence electrons. The molecule has 0 bridgehead atoms. The smallest absolute Gasteiger partial charge is 0.0798 e. The highest BCUT2D eigenvalue weighted by Crippen LogP contribution is 2.37. The standard InChI is InChI=1S/C17H28N2O/c1-13-9-14(2)11-16(10-13)19(3)8-6-15-5-4-7-17(15,20)12-18/h9-11,15,20H,4-8,12,18H2,1-3H3. The van der Waals surface area contributed by atoms with Crippen molar-refractivity contribution in [1.82, 2.24) is 0 Å². The lowest BCUT2D eigenvalue weighted by Crippen LogP contribution is -2.42. The first-order chi connectivity index (χ1) is 9.44. The molecule has 2 rings (SSSR count). The maximum atomic E-state index is 10.5. The Bertz CT molecular complexity index is 440. The highest BCUT2D eigenvalue weighted by Gasteiger charge is 2.39. The molecule has 0 saturated heterocycles. The number of hydrogen-bond acceptors (Lipinski definition) is 3. The van der Waals surface area contributed by atoms with Gasteiger partial charge in [0.1, 0.15) is 0 Å². The summed E-state index contributed by atoms with van der Waals surface area (Å²) in [5.74, 6) is 0.348. The van der Waals surface area contributed by atoms with Crippen molar-refractivity contribution < 1.29 is 5.11 Å². The van der Waals surface area contributed by atoms with Crippen LogP contribution in [0, 0.1) is 19.8 Å². The summed E-state index contributed by atoms with van der Waals surface area (Å²) in [6.07, 6.45) is 4.08. The normalized spacial score (nSPS) is 25.9. The molecule has 0 heterocycles. The van der Waals surface area contributed by atoms with Gasteiger partial charge in [-0.2, -0.15) is 0 Å². The molecule has 20 heavy (non-hydrogen) atoms. The second-order valence-electron chi connectivity index (χ2n) is 6.45. The molecule has 0 aromatic heterocycles. The van der Waals surface area contributed by atoms with Crippen LogP contribution in [0.1, 0.15) is 36.8 Å². The number of aryl methyl sites for hydroxylation is 2. The molecule has 1 fully saturated rings. The molecule has 0 radical (unpaired) electrons. The molecule has 0 amide bonds. The third kappa shape index (κ3) is 3.33. The third-order valence-electron chi connectivity index (χ3n) is 4.74. The van der Waals surface area contributed by atoms with Gasteiger partial charge in [-0.15, -0.1) is 0 Å². The van der Waals surface area contributed by atoms with Crippen LogP contribution in [0.2, 0.25) is 0 Å². The Morgan fingerprint density at radius 2 is 1.95 bits per heavy atom. The van der Waals surface area contributed by atoms with E-state index in [1.807, 2.05) is 0 Å². The van der Waals surface area contributed by atoms with E-state index in [0.29, 0.717) is 12.5 Å². The van der Waals surface area contributed by atoms with Gasteiger partial charge in [0, 0.05) is 25.8 Å². The van der Waals surface area contributed by atoms with Gasteiger partial charge in [0.05, 0.1) is 5.60 Å². The van der Waals surface area contributed by atoms with Crippen LogP contribution < -0.4 is 10.6 Å². The fourth-order valence-corrected chi connectivity index (χ4v) is 3.46. The van der Waals surface area contributed by atoms with E-state index in [-0.39, 0.29) is 0 Å². The summed E-state index contributed by atoms with van der Waals surface area (Å²) in [5.41, 5.74) is 8.99. The van der Waals surface area contributed by atoms with Crippen molar-refractivity contribution in [2.75, 3.05) is 25.0 Å². The Balaban J connectivity index is 1.96. The third-order valence-corrected chi connectivity index (χ3v) is 4.74. The molecule has 2 atom stereocenters. The quantitative estimate of drug-likeness (QED) is 0.869. The van der Waals surface area contributed by atoms with Crippen molar-refractivity contribution in [2.24, 2.45) is 11.7 Å². The first-order valence-electron chi connectivity index (χ1n) is 7.66. The molecule has 0 aliphatic heterocycles. The zero-order chi connectivity index (χ0) is 14.8. The number of nitrogens with two attached hydrogens (primary N) is 1. The summed E-state index contributed by atoms with van der Waals surface area (Å²) in [4.78, 5) is 2.29. The minimum absolute atomic E-state index is 0.348. The van der Waals surface area contributed by atoms with Crippen LogP contribution in [0.4, 0.5) is 5.69 Å². The van der Waals surface area contributed by atoms with E-state index in [1.165, 1.54) is 16.8 Å². The van der Waals surface area contributed by atoms with Gasteiger partial charge in [0.15, 0.2) is 0 Å². The molecule has 1 aliphatic rings. The molecular formula is C17H28N2O. The summed E-state index contributed by atoms with van der Waals surface area (Å²) in [7, 11) is 2.13. The lowest BCUT2D eigenvalue weighted by atomic mass is 9.88. The molecule has 1 aliphatic carbocycles. The second-order valence-corrected chi connectivity index (χ2v) is 6.45. The zero-order valence-electron chi connectivity index (χ0n) is 13.0. The van der Waals surface area contributed by atoms with Crippen molar-refractivity contribution in [3.8, 4) is 0 Å². The predicted octanol–water partition coefficient (Wildman–Crippen LogP) is 2.62. The number of hydrogen-bond donors (Lipinski definition) is 2. The minimum Gasteiger partial charge on any atom is -0.388 e. The SMILES string of the molecule is Cc1cc(C)cc(N(C)CCC2CCCC2(O)CN)c1. The van der Waals surface area contributed by atoms with Gasteiger partial charge in [0.2, 0.25) is 0 Å². The van der Waals surface area contributed by atoms with E-state index in [2.05, 4.69) is 44.0 Å². The summed E-state index contributed by atoms with van der Waals surface area (Å²) in [6, 6.07) is 6.63. The van der Waals surface area contributed by atoms with E-state index >= 15 is 0 Å². The van der Waals surface area contributed by atoms with Crippen LogP contribution in [0.25, 0.3) is 0 Å². The van der Waals surface area contributed by atoms with E-state index in [1.54, 1.807) is 0 Å². The van der Waals surface area contributed by atoms with Crippen LogP contribution in [0.15, 0.2) is 18.2 Å². The molecular weight excluding hydrogens is 248 g/mol. The Labute approximate surface area is 122 Å². The molecule has 1 saturated carbocycles. The fraction of sp³-hybridized carbons (Fsp3) is 0.647. The molecule has 2 unspecified atom stereocenters. The largest absolute Gasteiger partial charge is 0.388 e. The monoisotopic (exact) mass is 276 g/mol. The van der Waals surface area contributed by atoms with Crippen molar-refractivity contribution in [3.05, 3.63) is 29.3 Å². The van der Waals surface area contributed by atoms with E-state index in [0.717, 1.165) is 32.2 Å².